The van der Waals surface area contributed by atoms with Crippen LogP contribution in [0.15, 0.2) is 35.5 Å². The molecule has 2 aromatic rings. The summed E-state index contributed by atoms with van der Waals surface area (Å²) in [6, 6.07) is 5.90. The molecule has 0 radical (unpaired) electrons. The smallest absolute Gasteiger partial charge is 0.295 e. The number of nitro groups is 1. The number of aliphatic imine (C=N–C) groups is 1. The Kier molecular flexibility index (Phi) is 7.19. The lowest BCUT2D eigenvalue weighted by molar-refractivity contribution is -0.385. The van der Waals surface area contributed by atoms with E-state index in [2.05, 4.69) is 9.98 Å². The average Bonchev–Trinajstić information content (AvgIpc) is 2.61. The molecular formula is C18H19Cl2N5O3. The van der Waals surface area contributed by atoms with E-state index in [1.54, 1.807) is 48.6 Å². The number of pyridine rings is 1. The molecule has 0 aliphatic rings. The number of ether oxygens (including phenoxy) is 1. The lowest BCUT2D eigenvalue weighted by atomic mass is 10.3. The fourth-order valence-corrected chi connectivity index (χ4v) is 2.56. The van der Waals surface area contributed by atoms with Gasteiger partial charge in [0.2, 0.25) is 5.88 Å². The number of benzene rings is 1. The van der Waals surface area contributed by atoms with Crippen LogP contribution in [0.25, 0.3) is 6.08 Å². The number of hydrogen-bond donors (Lipinski definition) is 0. The maximum absolute atomic E-state index is 11.2. The van der Waals surface area contributed by atoms with Gasteiger partial charge in [0.1, 0.15) is 5.69 Å². The van der Waals surface area contributed by atoms with Crippen molar-refractivity contribution in [1.29, 1.82) is 0 Å². The highest BCUT2D eigenvalue weighted by molar-refractivity contribution is 6.37. The van der Waals surface area contributed by atoms with E-state index in [-0.39, 0.29) is 33.1 Å². The summed E-state index contributed by atoms with van der Waals surface area (Å²) in [7, 11) is 7.27. The van der Waals surface area contributed by atoms with E-state index in [9.17, 15) is 10.1 Å². The second kappa shape index (κ2) is 9.38. The molecule has 0 amide bonds. The molecule has 0 fully saturated rings. The highest BCUT2D eigenvalue weighted by Crippen LogP contribution is 2.39. The molecular weight excluding hydrogens is 405 g/mol. The first-order valence-corrected chi connectivity index (χ1v) is 8.80. The van der Waals surface area contributed by atoms with Crippen LogP contribution in [-0.4, -0.2) is 54.2 Å². The standard InChI is InChI=1S/C18H19Cl2N5O3/c1-23(2)8-7-15-16(25(26)27)5-6-17(22-15)28-18-13(19)9-12(10-14(18)20)21-11-24(3)4/h5-11H,1-4H3/b8-7+,21-11?. The molecule has 1 aromatic heterocycles. The topological polar surface area (TPSA) is 84.1 Å². The average molecular weight is 424 g/mol. The quantitative estimate of drug-likeness (QED) is 0.274. The van der Waals surface area contributed by atoms with Crippen molar-refractivity contribution in [2.45, 2.75) is 0 Å². The van der Waals surface area contributed by atoms with Gasteiger partial charge >= 0.3 is 0 Å². The summed E-state index contributed by atoms with van der Waals surface area (Å²) in [4.78, 5) is 22.6. The molecule has 148 valence electrons. The zero-order valence-corrected chi connectivity index (χ0v) is 17.3. The summed E-state index contributed by atoms with van der Waals surface area (Å²) in [6.07, 6.45) is 4.79. The number of nitrogens with zero attached hydrogens (tertiary/aromatic N) is 5. The Morgan fingerprint density at radius 3 is 2.32 bits per heavy atom. The third-order valence-corrected chi connectivity index (χ3v) is 3.79. The molecule has 10 heteroatoms. The van der Waals surface area contributed by atoms with Gasteiger partial charge in [0.25, 0.3) is 5.69 Å². The van der Waals surface area contributed by atoms with E-state index in [4.69, 9.17) is 27.9 Å². The fourth-order valence-electron chi connectivity index (χ4n) is 2.01. The Labute approximate surface area is 172 Å². The van der Waals surface area contributed by atoms with Crippen LogP contribution in [0, 0.1) is 10.1 Å². The van der Waals surface area contributed by atoms with E-state index in [1.807, 2.05) is 14.1 Å². The Balaban J connectivity index is 2.37. The Hall–Kier alpha value is -2.84. The van der Waals surface area contributed by atoms with Gasteiger partial charge in [-0.2, -0.15) is 0 Å². The van der Waals surface area contributed by atoms with Crippen LogP contribution in [0.1, 0.15) is 5.69 Å². The number of hydrogen-bond acceptors (Lipinski definition) is 6. The van der Waals surface area contributed by atoms with E-state index >= 15 is 0 Å². The summed E-state index contributed by atoms with van der Waals surface area (Å²) >= 11 is 12.5. The molecule has 0 bridgehead atoms. The van der Waals surface area contributed by atoms with Gasteiger partial charge < -0.3 is 14.5 Å². The molecule has 0 atom stereocenters. The summed E-state index contributed by atoms with van der Waals surface area (Å²) < 4.78 is 5.70. The molecule has 0 unspecified atom stereocenters. The van der Waals surface area contributed by atoms with E-state index in [1.165, 1.54) is 18.2 Å². The van der Waals surface area contributed by atoms with Crippen LogP contribution in [0.2, 0.25) is 10.0 Å². The molecule has 0 aliphatic heterocycles. The Morgan fingerprint density at radius 1 is 1.14 bits per heavy atom. The van der Waals surface area contributed by atoms with Crippen LogP contribution in [0.5, 0.6) is 11.6 Å². The Bertz CT molecular complexity index is 906. The first-order chi connectivity index (χ1) is 13.2. The van der Waals surface area contributed by atoms with Crippen molar-refractivity contribution in [3.8, 4) is 11.6 Å². The summed E-state index contributed by atoms with van der Waals surface area (Å²) in [6.45, 7) is 0. The van der Waals surface area contributed by atoms with Gasteiger partial charge in [0, 0.05) is 46.5 Å². The van der Waals surface area contributed by atoms with Crippen molar-refractivity contribution >= 4 is 47.0 Å². The van der Waals surface area contributed by atoms with Crippen molar-refractivity contribution in [2.75, 3.05) is 28.2 Å². The van der Waals surface area contributed by atoms with Gasteiger partial charge in [-0.15, -0.1) is 0 Å². The van der Waals surface area contributed by atoms with E-state index < -0.39 is 4.92 Å². The molecule has 0 N–H and O–H groups in total. The number of aromatic nitrogens is 1. The first kappa shape index (κ1) is 21.5. The largest absolute Gasteiger partial charge is 0.436 e. The minimum Gasteiger partial charge on any atom is -0.436 e. The molecule has 8 nitrogen and oxygen atoms in total. The van der Waals surface area contributed by atoms with Crippen molar-refractivity contribution in [3.63, 3.8) is 0 Å². The number of halogens is 2. The zero-order valence-electron chi connectivity index (χ0n) is 15.8. The summed E-state index contributed by atoms with van der Waals surface area (Å²) in [5, 5.41) is 11.7. The van der Waals surface area contributed by atoms with Gasteiger partial charge in [-0.3, -0.25) is 10.1 Å². The molecule has 0 saturated heterocycles. The van der Waals surface area contributed by atoms with Crippen molar-refractivity contribution in [2.24, 2.45) is 4.99 Å². The number of rotatable bonds is 7. The predicted octanol–water partition coefficient (Wildman–Crippen LogP) is 4.84. The summed E-state index contributed by atoms with van der Waals surface area (Å²) in [5.41, 5.74) is 0.564. The fraction of sp³-hybridized carbons (Fsp3) is 0.222. The highest BCUT2D eigenvalue weighted by atomic mass is 35.5. The normalized spacial score (nSPS) is 11.2. The highest BCUT2D eigenvalue weighted by Gasteiger charge is 2.17. The molecule has 2 rings (SSSR count). The van der Waals surface area contributed by atoms with Crippen LogP contribution in [0.3, 0.4) is 0 Å². The predicted molar refractivity (Wildman–Crippen MR) is 112 cm³/mol. The third-order valence-electron chi connectivity index (χ3n) is 3.23. The molecule has 1 aromatic carbocycles. The molecule has 0 aliphatic carbocycles. The minimum atomic E-state index is -0.510. The van der Waals surface area contributed by atoms with Crippen molar-refractivity contribution in [1.82, 2.24) is 14.8 Å². The SMILES string of the molecule is CN(C)C=Nc1cc(Cl)c(Oc2ccc([N+](=O)[O-])c(/C=C/N(C)C)n2)c(Cl)c1. The molecule has 0 saturated carbocycles. The minimum absolute atomic E-state index is 0.123. The van der Waals surface area contributed by atoms with Gasteiger partial charge in [-0.1, -0.05) is 23.2 Å². The van der Waals surface area contributed by atoms with Gasteiger partial charge in [0.15, 0.2) is 5.75 Å². The molecule has 1 heterocycles. The lowest BCUT2D eigenvalue weighted by Crippen LogP contribution is -2.06. The zero-order chi connectivity index (χ0) is 20.8. The molecule has 28 heavy (non-hydrogen) atoms. The van der Waals surface area contributed by atoms with E-state index in [0.717, 1.165) is 0 Å². The van der Waals surface area contributed by atoms with Crippen LogP contribution >= 0.6 is 23.2 Å². The van der Waals surface area contributed by atoms with E-state index in [0.29, 0.717) is 5.69 Å². The summed E-state index contributed by atoms with van der Waals surface area (Å²) in [5.74, 6) is 0.313. The maximum atomic E-state index is 11.2. The molecule has 0 spiro atoms. The maximum Gasteiger partial charge on any atom is 0.295 e. The van der Waals surface area contributed by atoms with Gasteiger partial charge in [-0.05, 0) is 18.2 Å². The van der Waals surface area contributed by atoms with Crippen LogP contribution in [0.4, 0.5) is 11.4 Å². The third kappa shape index (κ3) is 5.83. The van der Waals surface area contributed by atoms with Crippen molar-refractivity contribution < 1.29 is 9.66 Å². The van der Waals surface area contributed by atoms with Gasteiger partial charge in [0.05, 0.1) is 27.0 Å². The first-order valence-electron chi connectivity index (χ1n) is 8.05. The van der Waals surface area contributed by atoms with Gasteiger partial charge in [-0.25, -0.2) is 9.98 Å². The van der Waals surface area contributed by atoms with Crippen molar-refractivity contribution in [3.05, 3.63) is 56.3 Å². The monoisotopic (exact) mass is 423 g/mol. The van der Waals surface area contributed by atoms with Crippen LogP contribution in [-0.2, 0) is 0 Å². The van der Waals surface area contributed by atoms with Crippen LogP contribution < -0.4 is 4.74 Å². The second-order valence-corrected chi connectivity index (χ2v) is 6.95. The Morgan fingerprint density at radius 2 is 1.79 bits per heavy atom. The lowest BCUT2D eigenvalue weighted by Gasteiger charge is -2.11. The second-order valence-electron chi connectivity index (χ2n) is 6.14.